The summed E-state index contributed by atoms with van der Waals surface area (Å²) < 4.78 is 12.2. The number of hydrogen-bond acceptors (Lipinski definition) is 4. The van der Waals surface area contributed by atoms with E-state index in [1.54, 1.807) is 6.07 Å². The van der Waals surface area contributed by atoms with Crippen LogP contribution >= 0.6 is 11.3 Å². The number of unbranched alkanes of at least 4 members (excludes halogenated alkanes) is 1. The first-order valence-corrected chi connectivity index (χ1v) is 7.53. The highest BCUT2D eigenvalue weighted by Crippen LogP contribution is 2.36. The minimum absolute atomic E-state index is 0.327. The Morgan fingerprint density at radius 2 is 1.95 bits per heavy atom. The minimum Gasteiger partial charge on any atom is -0.490 e. The number of hydrogen-bond donors (Lipinski definition) is 1. The van der Waals surface area contributed by atoms with Crippen molar-refractivity contribution in [3.05, 3.63) is 23.1 Å². The van der Waals surface area contributed by atoms with Gasteiger partial charge in [0.25, 0.3) is 0 Å². The molecule has 0 saturated heterocycles. The van der Waals surface area contributed by atoms with Crippen molar-refractivity contribution in [3.8, 4) is 11.5 Å². The zero-order valence-corrected chi connectivity index (χ0v) is 12.5. The van der Waals surface area contributed by atoms with E-state index in [2.05, 4.69) is 6.92 Å². The summed E-state index contributed by atoms with van der Waals surface area (Å²) in [6.07, 6.45) is 2.04. The fraction of sp³-hybridized carbons (Fsp3) is 0.400. The average molecular weight is 294 g/mol. The fourth-order valence-corrected chi connectivity index (χ4v) is 2.77. The average Bonchev–Trinajstić information content (AvgIpc) is 2.82. The van der Waals surface area contributed by atoms with Crippen LogP contribution in [0.2, 0.25) is 0 Å². The number of carboxylic acid groups (broad SMARTS) is 1. The summed E-state index contributed by atoms with van der Waals surface area (Å²) in [5, 5.41) is 9.92. The van der Waals surface area contributed by atoms with E-state index in [1.807, 2.05) is 19.1 Å². The molecule has 5 heteroatoms. The Balaban J connectivity index is 2.36. The number of thiophene rings is 1. The van der Waals surface area contributed by atoms with E-state index in [0.717, 1.165) is 22.9 Å². The van der Waals surface area contributed by atoms with Gasteiger partial charge in [0, 0.05) is 10.8 Å². The van der Waals surface area contributed by atoms with Crippen LogP contribution in [0.15, 0.2) is 18.2 Å². The van der Waals surface area contributed by atoms with Crippen LogP contribution in [0.3, 0.4) is 0 Å². The van der Waals surface area contributed by atoms with Crippen molar-refractivity contribution < 1.29 is 19.4 Å². The summed E-state index contributed by atoms with van der Waals surface area (Å²) in [6, 6.07) is 5.39. The zero-order valence-electron chi connectivity index (χ0n) is 11.6. The van der Waals surface area contributed by atoms with Gasteiger partial charge in [-0.2, -0.15) is 0 Å². The number of carbonyl (C=O) groups is 1. The highest BCUT2D eigenvalue weighted by atomic mass is 32.1. The van der Waals surface area contributed by atoms with Gasteiger partial charge in [-0.3, -0.25) is 0 Å². The quantitative estimate of drug-likeness (QED) is 0.778. The van der Waals surface area contributed by atoms with Crippen LogP contribution in [0, 0.1) is 0 Å². The normalized spacial score (nSPS) is 10.7. The monoisotopic (exact) mass is 294 g/mol. The van der Waals surface area contributed by atoms with E-state index < -0.39 is 5.97 Å². The molecule has 0 atom stereocenters. The topological polar surface area (TPSA) is 55.8 Å². The summed E-state index contributed by atoms with van der Waals surface area (Å²) in [5.41, 5.74) is 0. The molecule has 0 saturated carbocycles. The number of rotatable bonds is 7. The Labute approximate surface area is 121 Å². The van der Waals surface area contributed by atoms with E-state index in [-0.39, 0.29) is 0 Å². The summed E-state index contributed by atoms with van der Waals surface area (Å²) in [5.74, 6) is 0.454. The summed E-state index contributed by atoms with van der Waals surface area (Å²) in [4.78, 5) is 11.4. The molecular formula is C15H18O4S. The molecule has 0 spiro atoms. The second kappa shape index (κ2) is 6.61. The molecule has 108 valence electrons. The number of ether oxygens (including phenoxy) is 2. The van der Waals surface area contributed by atoms with Gasteiger partial charge in [0.15, 0.2) is 11.5 Å². The van der Waals surface area contributed by atoms with Gasteiger partial charge in [0.2, 0.25) is 0 Å². The minimum atomic E-state index is -0.905. The van der Waals surface area contributed by atoms with Crippen LogP contribution in [-0.4, -0.2) is 24.3 Å². The fourth-order valence-electron chi connectivity index (χ4n) is 1.86. The Bertz CT molecular complexity index is 603. The third kappa shape index (κ3) is 3.22. The molecule has 1 heterocycles. The Morgan fingerprint density at radius 3 is 2.60 bits per heavy atom. The molecule has 0 aliphatic carbocycles. The first-order chi connectivity index (χ1) is 9.65. The first-order valence-electron chi connectivity index (χ1n) is 6.72. The van der Waals surface area contributed by atoms with Crippen molar-refractivity contribution in [1.82, 2.24) is 0 Å². The molecule has 0 aliphatic heterocycles. The predicted molar refractivity (Wildman–Crippen MR) is 80.4 cm³/mol. The van der Waals surface area contributed by atoms with Crippen molar-refractivity contribution in [2.45, 2.75) is 26.7 Å². The van der Waals surface area contributed by atoms with Crippen molar-refractivity contribution >= 4 is 27.4 Å². The molecule has 1 aromatic carbocycles. The van der Waals surface area contributed by atoms with E-state index in [0.29, 0.717) is 29.6 Å². The molecule has 20 heavy (non-hydrogen) atoms. The van der Waals surface area contributed by atoms with Crippen molar-refractivity contribution in [3.63, 3.8) is 0 Å². The lowest BCUT2D eigenvalue weighted by atomic mass is 10.2. The second-order valence-corrected chi connectivity index (χ2v) is 5.47. The summed E-state index contributed by atoms with van der Waals surface area (Å²) in [7, 11) is 0. The molecule has 4 nitrogen and oxygen atoms in total. The lowest BCUT2D eigenvalue weighted by Gasteiger charge is -2.11. The van der Waals surface area contributed by atoms with E-state index in [9.17, 15) is 4.79 Å². The van der Waals surface area contributed by atoms with Crippen LogP contribution < -0.4 is 9.47 Å². The molecule has 0 fully saturated rings. The maximum Gasteiger partial charge on any atom is 0.345 e. The highest BCUT2D eigenvalue weighted by molar-refractivity contribution is 7.20. The largest absolute Gasteiger partial charge is 0.490 e. The summed E-state index contributed by atoms with van der Waals surface area (Å²) in [6.45, 7) is 5.20. The second-order valence-electron chi connectivity index (χ2n) is 4.39. The van der Waals surface area contributed by atoms with Gasteiger partial charge in [-0.25, -0.2) is 4.79 Å². The van der Waals surface area contributed by atoms with Gasteiger partial charge in [0.05, 0.1) is 13.2 Å². The van der Waals surface area contributed by atoms with Crippen molar-refractivity contribution in [2.24, 2.45) is 0 Å². The molecule has 0 unspecified atom stereocenters. The zero-order chi connectivity index (χ0) is 14.5. The van der Waals surface area contributed by atoms with Crippen LogP contribution in [0.5, 0.6) is 11.5 Å². The molecule has 0 aliphatic rings. The molecule has 1 aromatic heterocycles. The highest BCUT2D eigenvalue weighted by Gasteiger charge is 2.13. The third-order valence-corrected chi connectivity index (χ3v) is 3.93. The first kappa shape index (κ1) is 14.7. The van der Waals surface area contributed by atoms with Gasteiger partial charge in [-0.15, -0.1) is 11.3 Å². The molecule has 2 rings (SSSR count). The van der Waals surface area contributed by atoms with Gasteiger partial charge >= 0.3 is 5.97 Å². The van der Waals surface area contributed by atoms with E-state index in [1.165, 1.54) is 11.3 Å². The Morgan fingerprint density at radius 1 is 1.20 bits per heavy atom. The third-order valence-electron chi connectivity index (χ3n) is 2.85. The molecular weight excluding hydrogens is 276 g/mol. The van der Waals surface area contributed by atoms with Crippen LogP contribution in [0.1, 0.15) is 36.4 Å². The molecule has 0 bridgehead atoms. The van der Waals surface area contributed by atoms with Gasteiger partial charge in [-0.05, 0) is 30.9 Å². The number of fused-ring (bicyclic) bond motifs is 1. The molecule has 1 N–H and O–H groups in total. The smallest absolute Gasteiger partial charge is 0.345 e. The van der Waals surface area contributed by atoms with Crippen LogP contribution in [-0.2, 0) is 0 Å². The number of benzene rings is 1. The maximum absolute atomic E-state index is 11.0. The lowest BCUT2D eigenvalue weighted by molar-refractivity contribution is 0.0702. The number of aromatic carboxylic acids is 1. The summed E-state index contributed by atoms with van der Waals surface area (Å²) >= 11 is 1.25. The van der Waals surface area contributed by atoms with Gasteiger partial charge in [0.1, 0.15) is 4.88 Å². The SMILES string of the molecule is CCCCOc1cc2sc(C(=O)O)cc2cc1OCC. The maximum atomic E-state index is 11.0. The number of carboxylic acids is 1. The van der Waals surface area contributed by atoms with Crippen molar-refractivity contribution in [2.75, 3.05) is 13.2 Å². The van der Waals surface area contributed by atoms with Crippen LogP contribution in [0.4, 0.5) is 0 Å². The Kier molecular flexibility index (Phi) is 4.84. The standard InChI is InChI=1S/C15H18O4S/c1-3-5-6-19-12-9-13-10(7-11(12)18-4-2)8-14(20-13)15(16)17/h7-9H,3-6H2,1-2H3,(H,16,17). The molecule has 2 aromatic rings. The van der Waals surface area contributed by atoms with Crippen molar-refractivity contribution in [1.29, 1.82) is 0 Å². The van der Waals surface area contributed by atoms with E-state index >= 15 is 0 Å². The van der Waals surface area contributed by atoms with Crippen LogP contribution in [0.25, 0.3) is 10.1 Å². The molecule has 0 radical (unpaired) electrons. The van der Waals surface area contributed by atoms with E-state index in [4.69, 9.17) is 14.6 Å². The predicted octanol–water partition coefficient (Wildman–Crippen LogP) is 4.18. The Hall–Kier alpha value is -1.75. The lowest BCUT2D eigenvalue weighted by Crippen LogP contribution is -2.00. The van der Waals surface area contributed by atoms with Gasteiger partial charge in [-0.1, -0.05) is 13.3 Å². The van der Waals surface area contributed by atoms with Gasteiger partial charge < -0.3 is 14.6 Å². The molecule has 0 amide bonds.